The fourth-order valence-corrected chi connectivity index (χ4v) is 9.41. The van der Waals surface area contributed by atoms with Crippen molar-refractivity contribution in [1.82, 2.24) is 4.67 Å². The van der Waals surface area contributed by atoms with E-state index in [1.54, 1.807) is 0 Å². The van der Waals surface area contributed by atoms with Gasteiger partial charge < -0.3 is 4.74 Å². The average molecular weight is 299 g/mol. The van der Waals surface area contributed by atoms with Crippen LogP contribution in [0.5, 0.6) is 0 Å². The molecule has 0 spiro atoms. The van der Waals surface area contributed by atoms with Crippen LogP contribution in [0.15, 0.2) is 0 Å². The Morgan fingerprint density at radius 3 is 1.65 bits per heavy atom. The fraction of sp³-hybridized carbons (Fsp3) is 1.00. The van der Waals surface area contributed by atoms with Gasteiger partial charge in [-0.1, -0.05) is 12.8 Å². The summed E-state index contributed by atoms with van der Waals surface area (Å²) in [6.45, 7) is 3.99. The van der Waals surface area contributed by atoms with E-state index in [0.29, 0.717) is 0 Å². The first-order chi connectivity index (χ1) is 9.82. The van der Waals surface area contributed by atoms with Crippen LogP contribution in [0.2, 0.25) is 0 Å². The lowest BCUT2D eigenvalue weighted by Crippen LogP contribution is -2.47. The highest BCUT2D eigenvalue weighted by atomic mass is 31.2. The van der Waals surface area contributed by atoms with Gasteiger partial charge in [0.05, 0.1) is 26.3 Å². The van der Waals surface area contributed by atoms with Crippen molar-refractivity contribution in [1.29, 1.82) is 0 Å². The third-order valence-electron chi connectivity index (χ3n) is 5.80. The molecule has 0 aromatic rings. The first-order valence-electron chi connectivity index (χ1n) is 8.82. The largest absolute Gasteiger partial charge is 0.378 e. The molecule has 20 heavy (non-hydrogen) atoms. The van der Waals surface area contributed by atoms with Crippen LogP contribution in [0.3, 0.4) is 0 Å². The molecule has 0 atom stereocenters. The van der Waals surface area contributed by atoms with Gasteiger partial charge >= 0.3 is 0 Å². The lowest BCUT2D eigenvalue weighted by Gasteiger charge is -2.46. The van der Waals surface area contributed by atoms with E-state index in [1.807, 2.05) is 0 Å². The second-order valence-corrected chi connectivity index (χ2v) is 10.6. The highest BCUT2D eigenvalue weighted by Crippen LogP contribution is 2.68. The van der Waals surface area contributed by atoms with Gasteiger partial charge in [-0.25, -0.2) is 0 Å². The van der Waals surface area contributed by atoms with Crippen LogP contribution in [0, 0.1) is 0 Å². The van der Waals surface area contributed by atoms with E-state index in [9.17, 15) is 0 Å². The highest BCUT2D eigenvalue weighted by molar-refractivity contribution is 7.72. The zero-order valence-electron chi connectivity index (χ0n) is 12.9. The smallest absolute Gasteiger partial charge is 0.153 e. The Kier molecular flexibility index (Phi) is 5.36. The number of morpholine rings is 1. The lowest BCUT2D eigenvalue weighted by atomic mass is 9.99. The van der Waals surface area contributed by atoms with Crippen LogP contribution in [-0.2, 0) is 4.74 Å². The van der Waals surface area contributed by atoms with Crippen LogP contribution in [0.1, 0.15) is 64.2 Å². The molecule has 0 bridgehead atoms. The summed E-state index contributed by atoms with van der Waals surface area (Å²) in [5, 5.41) is 0. The van der Waals surface area contributed by atoms with Gasteiger partial charge in [-0.05, 0) is 51.4 Å². The van der Waals surface area contributed by atoms with Crippen molar-refractivity contribution in [3.63, 3.8) is 0 Å². The first-order valence-corrected chi connectivity index (χ1v) is 10.8. The Balaban J connectivity index is 1.79. The molecule has 2 N–H and O–H groups in total. The van der Waals surface area contributed by atoms with Crippen molar-refractivity contribution < 1.29 is 4.74 Å². The number of ether oxygens (including phenoxy) is 1. The van der Waals surface area contributed by atoms with E-state index in [4.69, 9.17) is 10.2 Å². The minimum absolute atomic E-state index is 0.831. The Morgan fingerprint density at radius 2 is 1.20 bits per heavy atom. The lowest BCUT2D eigenvalue weighted by molar-refractivity contribution is 0.0719. The summed E-state index contributed by atoms with van der Waals surface area (Å²) >= 11 is 0. The molecule has 0 aromatic heterocycles. The highest BCUT2D eigenvalue weighted by Gasteiger charge is 2.54. The number of nitrogens with zero attached hydrogens (tertiary/aromatic N) is 1. The summed E-state index contributed by atoms with van der Waals surface area (Å²) in [6.07, 6.45) is 14.1. The molecular weight excluding hydrogens is 267 g/mol. The molecule has 3 fully saturated rings. The van der Waals surface area contributed by atoms with Crippen molar-refractivity contribution in [3.05, 3.63) is 0 Å². The minimum atomic E-state index is -1.44. The molecular formula is C16H32N2OP+. The van der Waals surface area contributed by atoms with Gasteiger partial charge in [0, 0.05) is 0 Å². The van der Waals surface area contributed by atoms with Crippen molar-refractivity contribution in [2.45, 2.75) is 75.5 Å². The second-order valence-electron chi connectivity index (χ2n) is 6.94. The predicted octanol–water partition coefficient (Wildman–Crippen LogP) is 3.79. The molecule has 3 rings (SSSR count). The van der Waals surface area contributed by atoms with Gasteiger partial charge in [-0.3, -0.25) is 0 Å². The van der Waals surface area contributed by atoms with Crippen molar-refractivity contribution in [2.24, 2.45) is 5.50 Å². The monoisotopic (exact) mass is 299 g/mol. The normalized spacial score (nSPS) is 28.6. The van der Waals surface area contributed by atoms with Crippen LogP contribution in [-0.4, -0.2) is 42.3 Å². The van der Waals surface area contributed by atoms with Crippen molar-refractivity contribution in [3.8, 4) is 0 Å². The van der Waals surface area contributed by atoms with Crippen LogP contribution >= 0.6 is 7.56 Å². The molecule has 4 heteroatoms. The predicted molar refractivity (Wildman–Crippen MR) is 87.2 cm³/mol. The molecule has 3 nitrogen and oxygen atoms in total. The molecule has 3 aliphatic rings. The molecule has 1 aliphatic heterocycles. The number of nitrogens with two attached hydrogens (primary N) is 1. The maximum atomic E-state index is 7.30. The summed E-state index contributed by atoms with van der Waals surface area (Å²) in [4.78, 5) is 0. The molecule has 2 aliphatic carbocycles. The van der Waals surface area contributed by atoms with E-state index in [2.05, 4.69) is 4.67 Å². The maximum Gasteiger partial charge on any atom is 0.153 e. The quantitative estimate of drug-likeness (QED) is 0.806. The zero-order valence-corrected chi connectivity index (χ0v) is 13.8. The number of hydrogen-bond acceptors (Lipinski definition) is 3. The Morgan fingerprint density at radius 1 is 0.750 bits per heavy atom. The molecule has 0 unspecified atom stereocenters. The first kappa shape index (κ1) is 15.2. The standard InChI is InChI=1S/C16H32N2OP/c17-20(15-7-3-1-4-8-15,16-9-5-2-6-10-16)18-11-13-19-14-12-18/h15-16H,1-14,17H2/q+1. The van der Waals surface area contributed by atoms with Crippen molar-refractivity contribution in [2.75, 3.05) is 26.3 Å². The third kappa shape index (κ3) is 3.06. The topological polar surface area (TPSA) is 38.5 Å². The Hall–Kier alpha value is 0.310. The van der Waals surface area contributed by atoms with Crippen LogP contribution < -0.4 is 5.50 Å². The number of hydrogen-bond donors (Lipinski definition) is 1. The molecule has 0 aromatic carbocycles. The van der Waals surface area contributed by atoms with Crippen molar-refractivity contribution >= 4 is 7.56 Å². The van der Waals surface area contributed by atoms with Crippen LogP contribution in [0.4, 0.5) is 0 Å². The van der Waals surface area contributed by atoms with Gasteiger partial charge in [-0.2, -0.15) is 10.2 Å². The molecule has 1 saturated heterocycles. The van der Waals surface area contributed by atoms with Gasteiger partial charge in [-0.15, -0.1) is 0 Å². The summed E-state index contributed by atoms with van der Waals surface area (Å²) in [6, 6.07) is 0. The Labute approximate surface area is 125 Å². The van der Waals surface area contributed by atoms with Gasteiger partial charge in [0.25, 0.3) is 0 Å². The summed E-state index contributed by atoms with van der Waals surface area (Å²) < 4.78 is 8.31. The molecule has 116 valence electrons. The summed E-state index contributed by atoms with van der Waals surface area (Å²) in [5.74, 6) is 0. The molecule has 0 radical (unpaired) electrons. The average Bonchev–Trinajstić information content (AvgIpc) is 2.56. The van der Waals surface area contributed by atoms with E-state index in [1.165, 1.54) is 64.2 Å². The van der Waals surface area contributed by atoms with Gasteiger partial charge in [0.15, 0.2) is 7.56 Å². The molecule has 2 saturated carbocycles. The fourth-order valence-electron chi connectivity index (χ4n) is 4.65. The third-order valence-corrected chi connectivity index (χ3v) is 10.5. The Bertz CT molecular complexity index is 249. The molecule has 0 amide bonds. The second kappa shape index (κ2) is 7.05. The van der Waals surface area contributed by atoms with Crippen LogP contribution in [0.25, 0.3) is 0 Å². The van der Waals surface area contributed by atoms with E-state index >= 15 is 0 Å². The summed E-state index contributed by atoms with van der Waals surface area (Å²) in [5.41, 5.74) is 8.97. The maximum absolute atomic E-state index is 7.30. The SMILES string of the molecule is N[P+](C1CCCCC1)(C1CCCCC1)N1CCOCC1. The van der Waals surface area contributed by atoms with E-state index < -0.39 is 7.56 Å². The zero-order chi connectivity index (χ0) is 13.8. The van der Waals surface area contributed by atoms with E-state index in [-0.39, 0.29) is 0 Å². The van der Waals surface area contributed by atoms with E-state index in [0.717, 1.165) is 37.6 Å². The van der Waals surface area contributed by atoms with Gasteiger partial charge in [0.2, 0.25) is 0 Å². The minimum Gasteiger partial charge on any atom is -0.378 e. The molecule has 1 heterocycles. The van der Waals surface area contributed by atoms with Gasteiger partial charge in [0.1, 0.15) is 11.3 Å². The number of rotatable bonds is 3. The summed E-state index contributed by atoms with van der Waals surface area (Å²) in [7, 11) is -1.44.